The molecular weight excluding hydrogens is 414 g/mol. The smallest absolute Gasteiger partial charge is 0.319 e. The van der Waals surface area contributed by atoms with E-state index in [2.05, 4.69) is 20.5 Å². The van der Waals surface area contributed by atoms with E-state index in [1.165, 1.54) is 12.8 Å². The first-order valence-electron chi connectivity index (χ1n) is 11.2. The highest BCUT2D eigenvalue weighted by atomic mass is 16.2. The van der Waals surface area contributed by atoms with E-state index in [0.717, 1.165) is 35.7 Å². The maximum absolute atomic E-state index is 12.5. The van der Waals surface area contributed by atoms with E-state index in [9.17, 15) is 9.59 Å². The summed E-state index contributed by atoms with van der Waals surface area (Å²) in [5.41, 5.74) is 3.44. The van der Waals surface area contributed by atoms with Crippen LogP contribution in [-0.4, -0.2) is 37.1 Å². The molecule has 33 heavy (non-hydrogen) atoms. The molecule has 0 atom stereocenters. The third-order valence-electron chi connectivity index (χ3n) is 5.78. The van der Waals surface area contributed by atoms with Gasteiger partial charge >= 0.3 is 6.03 Å². The fourth-order valence-corrected chi connectivity index (χ4v) is 3.84. The first-order valence-corrected chi connectivity index (χ1v) is 11.2. The van der Waals surface area contributed by atoms with E-state index in [-0.39, 0.29) is 11.9 Å². The SMILES string of the molecule is CN(C(=O)Cc1ccc(NC(=O)NCc2ccnc(N3CCCC3)c2)cc1)c1ccccc1. The number of benzene rings is 2. The predicted molar refractivity (Wildman–Crippen MR) is 132 cm³/mol. The number of likely N-dealkylation sites (N-methyl/N-ethyl adjacent to an activating group) is 1. The molecule has 0 spiro atoms. The van der Waals surface area contributed by atoms with Gasteiger partial charge in [-0.2, -0.15) is 0 Å². The number of rotatable bonds is 7. The summed E-state index contributed by atoms with van der Waals surface area (Å²) >= 11 is 0. The summed E-state index contributed by atoms with van der Waals surface area (Å²) in [6.07, 6.45) is 4.48. The molecule has 2 heterocycles. The molecule has 1 aliphatic rings. The van der Waals surface area contributed by atoms with Gasteiger partial charge in [-0.05, 0) is 60.4 Å². The number of pyridine rings is 1. The number of nitrogens with zero attached hydrogens (tertiary/aromatic N) is 3. The molecule has 0 bridgehead atoms. The lowest BCUT2D eigenvalue weighted by atomic mass is 10.1. The van der Waals surface area contributed by atoms with E-state index in [4.69, 9.17) is 0 Å². The Morgan fingerprint density at radius 2 is 1.70 bits per heavy atom. The van der Waals surface area contributed by atoms with Gasteiger partial charge < -0.3 is 20.4 Å². The second-order valence-electron chi connectivity index (χ2n) is 8.19. The van der Waals surface area contributed by atoms with Crippen LogP contribution < -0.4 is 20.4 Å². The number of para-hydroxylation sites is 1. The van der Waals surface area contributed by atoms with Gasteiger partial charge in [-0.1, -0.05) is 30.3 Å². The Bertz CT molecular complexity index is 1080. The Hall–Kier alpha value is -3.87. The van der Waals surface area contributed by atoms with Crippen LogP contribution in [0, 0.1) is 0 Å². The molecule has 0 unspecified atom stereocenters. The van der Waals surface area contributed by atoms with Crippen LogP contribution in [0.25, 0.3) is 0 Å². The number of hydrogen-bond acceptors (Lipinski definition) is 4. The highest BCUT2D eigenvalue weighted by Gasteiger charge is 2.14. The number of anilines is 3. The van der Waals surface area contributed by atoms with E-state index < -0.39 is 0 Å². The second-order valence-corrected chi connectivity index (χ2v) is 8.19. The average Bonchev–Trinajstić information content (AvgIpc) is 3.39. The third-order valence-corrected chi connectivity index (χ3v) is 5.78. The Balaban J connectivity index is 1.26. The van der Waals surface area contributed by atoms with E-state index in [1.807, 2.05) is 66.7 Å². The maximum Gasteiger partial charge on any atom is 0.319 e. The summed E-state index contributed by atoms with van der Waals surface area (Å²) in [5, 5.41) is 5.73. The molecule has 2 aromatic carbocycles. The standard InChI is InChI=1S/C26H29N5O2/c1-30(23-7-3-2-4-8-23)25(32)18-20-9-11-22(12-10-20)29-26(33)28-19-21-13-14-27-24(17-21)31-15-5-6-16-31/h2-4,7-14,17H,5-6,15-16,18-19H2,1H3,(H2,28,29,33). The number of carbonyl (C=O) groups is 2. The van der Waals surface area contributed by atoms with Crippen LogP contribution >= 0.6 is 0 Å². The largest absolute Gasteiger partial charge is 0.357 e. The van der Waals surface area contributed by atoms with Gasteiger partial charge in [0.15, 0.2) is 0 Å². The highest BCUT2D eigenvalue weighted by Crippen LogP contribution is 2.19. The molecule has 3 amide bonds. The van der Waals surface area contributed by atoms with Gasteiger partial charge in [-0.25, -0.2) is 9.78 Å². The van der Waals surface area contributed by atoms with E-state index in [1.54, 1.807) is 18.1 Å². The maximum atomic E-state index is 12.5. The van der Waals surface area contributed by atoms with Crippen LogP contribution in [0.2, 0.25) is 0 Å². The first-order chi connectivity index (χ1) is 16.1. The number of amides is 3. The van der Waals surface area contributed by atoms with Gasteiger partial charge in [-0.15, -0.1) is 0 Å². The van der Waals surface area contributed by atoms with Crippen molar-refractivity contribution >= 4 is 29.1 Å². The lowest BCUT2D eigenvalue weighted by Crippen LogP contribution is -2.28. The Morgan fingerprint density at radius 3 is 2.42 bits per heavy atom. The van der Waals surface area contributed by atoms with Gasteiger partial charge in [0, 0.05) is 44.3 Å². The topological polar surface area (TPSA) is 77.6 Å². The van der Waals surface area contributed by atoms with Crippen molar-refractivity contribution in [3.8, 4) is 0 Å². The number of nitrogens with one attached hydrogen (secondary N) is 2. The third kappa shape index (κ3) is 6.10. The average molecular weight is 444 g/mol. The van der Waals surface area contributed by atoms with Crippen LogP contribution in [0.4, 0.5) is 22.0 Å². The Labute approximate surface area is 194 Å². The molecule has 1 aromatic heterocycles. The van der Waals surface area contributed by atoms with Crippen LogP contribution in [0.15, 0.2) is 72.9 Å². The molecule has 0 radical (unpaired) electrons. The molecule has 7 nitrogen and oxygen atoms in total. The first kappa shape index (κ1) is 22.3. The molecule has 1 aliphatic heterocycles. The normalized spacial score (nSPS) is 12.9. The van der Waals surface area contributed by atoms with Crippen molar-refractivity contribution in [2.24, 2.45) is 0 Å². The van der Waals surface area contributed by atoms with Crippen molar-refractivity contribution in [1.29, 1.82) is 0 Å². The van der Waals surface area contributed by atoms with Crippen LogP contribution in [0.3, 0.4) is 0 Å². The van der Waals surface area contributed by atoms with Crippen LogP contribution in [0.1, 0.15) is 24.0 Å². The zero-order chi connectivity index (χ0) is 23.0. The van der Waals surface area contributed by atoms with E-state index in [0.29, 0.717) is 18.7 Å². The predicted octanol–water partition coefficient (Wildman–Crippen LogP) is 4.21. The fourth-order valence-electron chi connectivity index (χ4n) is 3.84. The molecule has 0 aliphatic carbocycles. The summed E-state index contributed by atoms with van der Waals surface area (Å²) in [6, 6.07) is 20.6. The molecule has 4 rings (SSSR count). The van der Waals surface area contributed by atoms with Gasteiger partial charge in [-0.3, -0.25) is 4.79 Å². The van der Waals surface area contributed by atoms with Crippen molar-refractivity contribution in [1.82, 2.24) is 10.3 Å². The summed E-state index contributed by atoms with van der Waals surface area (Å²) in [4.78, 5) is 33.2. The highest BCUT2D eigenvalue weighted by molar-refractivity contribution is 5.94. The second kappa shape index (κ2) is 10.6. The summed E-state index contributed by atoms with van der Waals surface area (Å²) < 4.78 is 0. The molecule has 170 valence electrons. The zero-order valence-electron chi connectivity index (χ0n) is 18.8. The van der Waals surface area contributed by atoms with Crippen LogP contribution in [-0.2, 0) is 17.8 Å². The lowest BCUT2D eigenvalue weighted by molar-refractivity contribution is -0.117. The zero-order valence-corrected chi connectivity index (χ0v) is 18.8. The minimum atomic E-state index is -0.276. The van der Waals surface area contributed by atoms with Gasteiger partial charge in [0.2, 0.25) is 5.91 Å². The van der Waals surface area contributed by atoms with Crippen LogP contribution in [0.5, 0.6) is 0 Å². The molecular formula is C26H29N5O2. The number of aromatic nitrogens is 1. The fraction of sp³-hybridized carbons (Fsp3) is 0.269. The van der Waals surface area contributed by atoms with Crippen molar-refractivity contribution in [3.05, 3.63) is 84.1 Å². The number of carbonyl (C=O) groups excluding carboxylic acids is 2. The minimum Gasteiger partial charge on any atom is -0.357 e. The van der Waals surface area contributed by atoms with Gasteiger partial charge in [0.1, 0.15) is 5.82 Å². The number of hydrogen-bond donors (Lipinski definition) is 2. The van der Waals surface area contributed by atoms with Crippen molar-refractivity contribution in [2.75, 3.05) is 35.3 Å². The molecule has 0 saturated carbocycles. The Kier molecular flexibility index (Phi) is 7.19. The van der Waals surface area contributed by atoms with Crippen molar-refractivity contribution < 1.29 is 9.59 Å². The van der Waals surface area contributed by atoms with Crippen molar-refractivity contribution in [2.45, 2.75) is 25.8 Å². The van der Waals surface area contributed by atoms with E-state index >= 15 is 0 Å². The van der Waals surface area contributed by atoms with Gasteiger partial charge in [0.25, 0.3) is 0 Å². The Morgan fingerprint density at radius 1 is 0.970 bits per heavy atom. The summed E-state index contributed by atoms with van der Waals surface area (Å²) in [6.45, 7) is 2.50. The minimum absolute atomic E-state index is 0.00491. The quantitative estimate of drug-likeness (QED) is 0.574. The molecule has 7 heteroatoms. The molecule has 2 N–H and O–H groups in total. The summed E-state index contributed by atoms with van der Waals surface area (Å²) in [5.74, 6) is 0.973. The monoisotopic (exact) mass is 443 g/mol. The lowest BCUT2D eigenvalue weighted by Gasteiger charge is -2.17. The summed E-state index contributed by atoms with van der Waals surface area (Å²) in [7, 11) is 1.77. The number of urea groups is 1. The molecule has 1 fully saturated rings. The molecule has 3 aromatic rings. The molecule has 1 saturated heterocycles. The van der Waals surface area contributed by atoms with Gasteiger partial charge in [0.05, 0.1) is 6.42 Å². The van der Waals surface area contributed by atoms with Crippen molar-refractivity contribution in [3.63, 3.8) is 0 Å².